The van der Waals surface area contributed by atoms with E-state index in [1.54, 1.807) is 18.0 Å². The van der Waals surface area contributed by atoms with Gasteiger partial charge in [-0.15, -0.1) is 11.8 Å². The lowest BCUT2D eigenvalue weighted by atomic mass is 10.4. The Labute approximate surface area is 112 Å². The first-order valence-electron chi connectivity index (χ1n) is 4.71. The molecule has 1 heterocycles. The molecule has 0 saturated carbocycles. The zero-order valence-corrected chi connectivity index (χ0v) is 11.8. The maximum Gasteiger partial charge on any atom is 0.128 e. The van der Waals surface area contributed by atoms with E-state index in [9.17, 15) is 0 Å². The van der Waals surface area contributed by atoms with Crippen molar-refractivity contribution in [2.75, 3.05) is 0 Å². The number of hydrogen-bond acceptors (Lipinski definition) is 2. The zero-order chi connectivity index (χ0) is 11.5. The molecule has 0 unspecified atom stereocenters. The van der Waals surface area contributed by atoms with Gasteiger partial charge in [-0.05, 0) is 24.3 Å². The second-order valence-electron chi connectivity index (χ2n) is 3.30. The summed E-state index contributed by atoms with van der Waals surface area (Å²) in [6.07, 6.45) is 1.68. The number of benzene rings is 1. The molecular weight excluding hydrogens is 308 g/mol. The Morgan fingerprint density at radius 1 is 1.38 bits per heavy atom. The molecule has 0 fully saturated rings. The summed E-state index contributed by atoms with van der Waals surface area (Å²) in [5.74, 6) is 1.81. The van der Waals surface area contributed by atoms with Gasteiger partial charge >= 0.3 is 0 Å². The second kappa shape index (κ2) is 5.25. The highest BCUT2D eigenvalue weighted by Crippen LogP contribution is 2.24. The Bertz CT molecular complexity index is 481. The summed E-state index contributed by atoms with van der Waals surface area (Å²) in [7, 11) is 1.92. The molecule has 0 aliphatic heterocycles. The molecule has 5 heteroatoms. The monoisotopic (exact) mass is 316 g/mol. The summed E-state index contributed by atoms with van der Waals surface area (Å²) in [4.78, 5) is 5.47. The Morgan fingerprint density at radius 3 is 2.62 bits per heavy atom. The standard InChI is InChI=1S/C11H10BrClN2S/c1-15-10(13)6-14-11(15)7-16-9-4-2-8(12)3-5-9/h2-6H,7H2,1H3. The van der Waals surface area contributed by atoms with E-state index in [1.807, 2.05) is 23.7 Å². The molecule has 0 spiro atoms. The summed E-state index contributed by atoms with van der Waals surface area (Å²) in [6.45, 7) is 0. The molecule has 0 aliphatic rings. The molecular formula is C11H10BrClN2S. The third-order valence-corrected chi connectivity index (χ3v) is 4.10. The van der Waals surface area contributed by atoms with E-state index in [1.165, 1.54) is 4.90 Å². The Morgan fingerprint density at radius 2 is 2.06 bits per heavy atom. The van der Waals surface area contributed by atoms with Gasteiger partial charge in [0, 0.05) is 16.4 Å². The van der Waals surface area contributed by atoms with Crippen LogP contribution in [0.5, 0.6) is 0 Å². The smallest absolute Gasteiger partial charge is 0.128 e. The molecule has 2 aromatic rings. The van der Waals surface area contributed by atoms with Crippen molar-refractivity contribution >= 4 is 39.3 Å². The van der Waals surface area contributed by atoms with Crippen LogP contribution in [0.4, 0.5) is 0 Å². The van der Waals surface area contributed by atoms with Crippen molar-refractivity contribution in [3.05, 3.63) is 45.9 Å². The summed E-state index contributed by atoms with van der Waals surface area (Å²) in [5, 5.41) is 0.673. The number of thioether (sulfide) groups is 1. The Balaban J connectivity index is 2.02. The minimum absolute atomic E-state index is 0.673. The van der Waals surface area contributed by atoms with Gasteiger partial charge in [0.2, 0.25) is 0 Å². The molecule has 0 aliphatic carbocycles. The first-order valence-corrected chi connectivity index (χ1v) is 6.87. The largest absolute Gasteiger partial charge is 0.322 e. The molecule has 2 nitrogen and oxygen atoms in total. The quantitative estimate of drug-likeness (QED) is 0.792. The molecule has 0 radical (unpaired) electrons. The zero-order valence-electron chi connectivity index (χ0n) is 8.65. The van der Waals surface area contributed by atoms with Crippen LogP contribution in [0.15, 0.2) is 39.8 Å². The molecule has 0 bridgehead atoms. The maximum absolute atomic E-state index is 5.92. The summed E-state index contributed by atoms with van der Waals surface area (Å²) < 4.78 is 2.99. The van der Waals surface area contributed by atoms with Crippen molar-refractivity contribution in [2.45, 2.75) is 10.6 Å². The highest BCUT2D eigenvalue weighted by molar-refractivity contribution is 9.10. The Kier molecular flexibility index (Phi) is 3.95. The SMILES string of the molecule is Cn1c(Cl)cnc1CSc1ccc(Br)cc1. The van der Waals surface area contributed by atoms with Crippen LogP contribution in [0.1, 0.15) is 5.82 Å². The average Bonchev–Trinajstić information content (AvgIpc) is 2.60. The van der Waals surface area contributed by atoms with Crippen LogP contribution in [0, 0.1) is 0 Å². The number of halogens is 2. The molecule has 2 rings (SSSR count). The van der Waals surface area contributed by atoms with E-state index in [-0.39, 0.29) is 0 Å². The lowest BCUT2D eigenvalue weighted by molar-refractivity contribution is 0.850. The first kappa shape index (κ1) is 12.0. The summed E-state index contributed by atoms with van der Waals surface area (Å²) in [6, 6.07) is 8.24. The number of imidazole rings is 1. The van der Waals surface area contributed by atoms with Crippen molar-refractivity contribution in [1.82, 2.24) is 9.55 Å². The first-order chi connectivity index (χ1) is 7.66. The third-order valence-electron chi connectivity index (χ3n) is 2.21. The van der Waals surface area contributed by atoms with Gasteiger partial charge in [0.05, 0.1) is 11.9 Å². The highest BCUT2D eigenvalue weighted by atomic mass is 79.9. The van der Waals surface area contributed by atoms with Crippen molar-refractivity contribution in [3.8, 4) is 0 Å². The molecule has 0 atom stereocenters. The molecule has 1 aromatic heterocycles. The van der Waals surface area contributed by atoms with Gasteiger partial charge in [-0.25, -0.2) is 4.98 Å². The van der Waals surface area contributed by atoms with E-state index >= 15 is 0 Å². The average molecular weight is 318 g/mol. The predicted molar refractivity (Wildman–Crippen MR) is 71.9 cm³/mol. The van der Waals surface area contributed by atoms with Crippen molar-refractivity contribution in [2.24, 2.45) is 7.05 Å². The molecule has 16 heavy (non-hydrogen) atoms. The van der Waals surface area contributed by atoms with Crippen LogP contribution >= 0.6 is 39.3 Å². The highest BCUT2D eigenvalue weighted by Gasteiger charge is 2.04. The van der Waals surface area contributed by atoms with E-state index in [4.69, 9.17) is 11.6 Å². The lowest BCUT2D eigenvalue weighted by Crippen LogP contribution is -1.95. The van der Waals surface area contributed by atoms with E-state index in [0.717, 1.165) is 16.0 Å². The van der Waals surface area contributed by atoms with Gasteiger partial charge in [0.15, 0.2) is 0 Å². The van der Waals surface area contributed by atoms with Gasteiger partial charge in [-0.1, -0.05) is 27.5 Å². The van der Waals surface area contributed by atoms with Crippen LogP contribution < -0.4 is 0 Å². The molecule has 1 aromatic carbocycles. The van der Waals surface area contributed by atoms with Gasteiger partial charge in [0.25, 0.3) is 0 Å². The number of hydrogen-bond donors (Lipinski definition) is 0. The fourth-order valence-electron chi connectivity index (χ4n) is 1.24. The predicted octanol–water partition coefficient (Wildman–Crippen LogP) is 4.13. The lowest BCUT2D eigenvalue weighted by Gasteiger charge is -2.03. The van der Waals surface area contributed by atoms with Crippen LogP contribution in [-0.4, -0.2) is 9.55 Å². The molecule has 0 saturated heterocycles. The molecule has 0 amide bonds. The second-order valence-corrected chi connectivity index (χ2v) is 5.65. The van der Waals surface area contributed by atoms with Crippen molar-refractivity contribution in [3.63, 3.8) is 0 Å². The van der Waals surface area contributed by atoms with Crippen molar-refractivity contribution in [1.29, 1.82) is 0 Å². The molecule has 84 valence electrons. The summed E-state index contributed by atoms with van der Waals surface area (Å²) >= 11 is 11.1. The fraction of sp³-hybridized carbons (Fsp3) is 0.182. The molecule has 0 N–H and O–H groups in total. The fourth-order valence-corrected chi connectivity index (χ4v) is 2.54. The van der Waals surface area contributed by atoms with Crippen LogP contribution in [-0.2, 0) is 12.8 Å². The van der Waals surface area contributed by atoms with E-state index in [0.29, 0.717) is 5.15 Å². The van der Waals surface area contributed by atoms with Gasteiger partial charge in [-0.3, -0.25) is 0 Å². The third kappa shape index (κ3) is 2.81. The summed E-state index contributed by atoms with van der Waals surface area (Å²) in [5.41, 5.74) is 0. The topological polar surface area (TPSA) is 17.8 Å². The normalized spacial score (nSPS) is 10.7. The maximum atomic E-state index is 5.92. The van der Waals surface area contributed by atoms with Gasteiger partial charge < -0.3 is 4.57 Å². The van der Waals surface area contributed by atoms with Crippen LogP contribution in [0.25, 0.3) is 0 Å². The van der Waals surface area contributed by atoms with Gasteiger partial charge in [-0.2, -0.15) is 0 Å². The van der Waals surface area contributed by atoms with E-state index < -0.39 is 0 Å². The minimum Gasteiger partial charge on any atom is -0.322 e. The van der Waals surface area contributed by atoms with Gasteiger partial charge in [0.1, 0.15) is 11.0 Å². The van der Waals surface area contributed by atoms with Crippen LogP contribution in [0.3, 0.4) is 0 Å². The van der Waals surface area contributed by atoms with Crippen molar-refractivity contribution < 1.29 is 0 Å². The van der Waals surface area contributed by atoms with Crippen LogP contribution in [0.2, 0.25) is 5.15 Å². The van der Waals surface area contributed by atoms with E-state index in [2.05, 4.69) is 33.0 Å². The number of aromatic nitrogens is 2. The Hall–Kier alpha value is -0.450. The number of nitrogens with zero attached hydrogens (tertiary/aromatic N) is 2. The minimum atomic E-state index is 0.673. The number of rotatable bonds is 3.